The molecule has 0 spiro atoms. The fourth-order valence-electron chi connectivity index (χ4n) is 3.82. The van der Waals surface area contributed by atoms with Crippen molar-refractivity contribution < 1.29 is 9.53 Å². The van der Waals surface area contributed by atoms with Gasteiger partial charge in [0.2, 0.25) is 6.35 Å². The second kappa shape index (κ2) is 9.71. The Bertz CT molecular complexity index is 1030. The molecule has 0 saturated carbocycles. The molecule has 3 aromatic rings. The summed E-state index contributed by atoms with van der Waals surface area (Å²) in [7, 11) is 1.96. The van der Waals surface area contributed by atoms with Crippen LogP contribution >= 0.6 is 0 Å². The molecule has 3 aromatic carbocycles. The number of rotatable bonds is 7. The molecule has 0 aromatic heterocycles. The summed E-state index contributed by atoms with van der Waals surface area (Å²) in [6, 6.07) is 28.7. The lowest BCUT2D eigenvalue weighted by Gasteiger charge is -2.28. The number of hydrogen-bond donors (Lipinski definition) is 0. The first-order valence-electron chi connectivity index (χ1n) is 11.0. The molecule has 1 aliphatic heterocycles. The van der Waals surface area contributed by atoms with Gasteiger partial charge in [0, 0.05) is 30.2 Å². The van der Waals surface area contributed by atoms with E-state index in [4.69, 9.17) is 4.74 Å². The van der Waals surface area contributed by atoms with Crippen LogP contribution in [0.25, 0.3) is 6.08 Å². The first kappa shape index (κ1) is 21.7. The molecule has 32 heavy (non-hydrogen) atoms. The second-order valence-electron chi connectivity index (χ2n) is 7.72. The van der Waals surface area contributed by atoms with E-state index in [-0.39, 0.29) is 12.3 Å². The Morgan fingerprint density at radius 3 is 1.88 bits per heavy atom. The Morgan fingerprint density at radius 1 is 0.844 bits per heavy atom. The van der Waals surface area contributed by atoms with E-state index in [1.165, 1.54) is 0 Å². The Labute approximate surface area is 190 Å². The van der Waals surface area contributed by atoms with Gasteiger partial charge in [0.1, 0.15) is 0 Å². The molecule has 4 rings (SSSR count). The van der Waals surface area contributed by atoms with Gasteiger partial charge < -0.3 is 9.64 Å². The molecular weight excluding hydrogens is 398 g/mol. The number of ether oxygens (including phenoxy) is 1. The monoisotopic (exact) mass is 427 g/mol. The highest BCUT2D eigenvalue weighted by atomic mass is 16.5. The molecule has 164 valence electrons. The number of anilines is 3. The third kappa shape index (κ3) is 4.39. The molecule has 0 aliphatic carbocycles. The van der Waals surface area contributed by atoms with E-state index in [1.807, 2.05) is 80.4 Å². The number of hydrogen-bond acceptors (Lipinski definition) is 4. The van der Waals surface area contributed by atoms with Crippen LogP contribution in [0.3, 0.4) is 0 Å². The van der Waals surface area contributed by atoms with Crippen LogP contribution in [0.4, 0.5) is 17.1 Å². The number of amides is 1. The van der Waals surface area contributed by atoms with Crippen LogP contribution in [-0.4, -0.2) is 42.2 Å². The molecule has 1 fully saturated rings. The lowest BCUT2D eigenvalue weighted by Crippen LogP contribution is -2.44. The third-order valence-electron chi connectivity index (χ3n) is 5.67. The maximum atomic E-state index is 12.8. The fourth-order valence-corrected chi connectivity index (χ4v) is 3.82. The molecule has 1 atom stereocenters. The minimum atomic E-state index is -0.352. The Morgan fingerprint density at radius 2 is 1.38 bits per heavy atom. The van der Waals surface area contributed by atoms with Crippen LogP contribution in [0, 0.1) is 0 Å². The molecule has 1 amide bonds. The molecular formula is C27H29N3O2. The van der Waals surface area contributed by atoms with Gasteiger partial charge >= 0.3 is 0 Å². The SMILES string of the molecule is CCN(C)[C@@H]1O/C(=C/c2ccc(N(c3ccccc3)c3ccccc3)cc2)C(=O)N1CC. The summed E-state index contributed by atoms with van der Waals surface area (Å²) in [4.78, 5) is 18.8. The highest BCUT2D eigenvalue weighted by Gasteiger charge is 2.38. The summed E-state index contributed by atoms with van der Waals surface area (Å²) in [5, 5.41) is 0. The molecule has 0 N–H and O–H groups in total. The van der Waals surface area contributed by atoms with E-state index in [0.717, 1.165) is 29.2 Å². The number of carbonyl (C=O) groups is 1. The molecule has 0 bridgehead atoms. The molecule has 5 heteroatoms. The van der Waals surface area contributed by atoms with Crippen LogP contribution in [0.15, 0.2) is 90.7 Å². The van der Waals surface area contributed by atoms with Crippen LogP contribution in [0.5, 0.6) is 0 Å². The zero-order valence-corrected chi connectivity index (χ0v) is 18.8. The van der Waals surface area contributed by atoms with Crippen molar-refractivity contribution >= 4 is 29.0 Å². The minimum absolute atomic E-state index is 0.0722. The summed E-state index contributed by atoms with van der Waals surface area (Å²) in [5.74, 6) is 0.310. The van der Waals surface area contributed by atoms with E-state index in [0.29, 0.717) is 12.3 Å². The van der Waals surface area contributed by atoms with Crippen molar-refractivity contribution in [3.63, 3.8) is 0 Å². The van der Waals surface area contributed by atoms with Crippen LogP contribution < -0.4 is 4.90 Å². The van der Waals surface area contributed by atoms with Gasteiger partial charge in [-0.25, -0.2) is 0 Å². The van der Waals surface area contributed by atoms with Crippen LogP contribution in [0.1, 0.15) is 19.4 Å². The van der Waals surface area contributed by atoms with Gasteiger partial charge in [0.25, 0.3) is 5.91 Å². The molecule has 0 unspecified atom stereocenters. The molecule has 1 saturated heterocycles. The predicted molar refractivity (Wildman–Crippen MR) is 130 cm³/mol. The first-order chi connectivity index (χ1) is 15.6. The summed E-state index contributed by atoms with van der Waals surface area (Å²) >= 11 is 0. The van der Waals surface area contributed by atoms with Gasteiger partial charge in [-0.3, -0.25) is 14.6 Å². The van der Waals surface area contributed by atoms with Gasteiger partial charge in [-0.05, 0) is 62.0 Å². The largest absolute Gasteiger partial charge is 0.451 e. The van der Waals surface area contributed by atoms with Gasteiger partial charge in [-0.15, -0.1) is 0 Å². The number of nitrogens with zero attached hydrogens (tertiary/aromatic N) is 3. The van der Waals surface area contributed by atoms with Crippen molar-refractivity contribution in [2.75, 3.05) is 25.0 Å². The van der Waals surface area contributed by atoms with Gasteiger partial charge in [0.05, 0.1) is 0 Å². The maximum absolute atomic E-state index is 12.8. The zero-order chi connectivity index (χ0) is 22.5. The van der Waals surface area contributed by atoms with E-state index < -0.39 is 0 Å². The van der Waals surface area contributed by atoms with Gasteiger partial charge in [0.15, 0.2) is 5.76 Å². The smallest absolute Gasteiger partial charge is 0.293 e. The summed E-state index contributed by atoms with van der Waals surface area (Å²) in [5.41, 5.74) is 4.14. The Hall–Kier alpha value is -3.57. The van der Waals surface area contributed by atoms with Crippen molar-refractivity contribution in [2.45, 2.75) is 20.2 Å². The number of para-hydroxylation sites is 2. The Kier molecular flexibility index (Phi) is 6.57. The highest BCUT2D eigenvalue weighted by Crippen LogP contribution is 2.34. The topological polar surface area (TPSA) is 36.0 Å². The summed E-state index contributed by atoms with van der Waals surface area (Å²) in [6.45, 7) is 5.42. The zero-order valence-electron chi connectivity index (χ0n) is 18.8. The maximum Gasteiger partial charge on any atom is 0.293 e. The van der Waals surface area contributed by atoms with Gasteiger partial charge in [-0.2, -0.15) is 0 Å². The summed E-state index contributed by atoms with van der Waals surface area (Å²) in [6.07, 6.45) is 1.47. The highest BCUT2D eigenvalue weighted by molar-refractivity contribution is 5.97. The average Bonchev–Trinajstić information content (AvgIpc) is 3.16. The van der Waals surface area contributed by atoms with E-state index in [2.05, 4.69) is 41.3 Å². The molecule has 5 nitrogen and oxygen atoms in total. The van der Waals surface area contributed by atoms with E-state index in [9.17, 15) is 4.79 Å². The van der Waals surface area contributed by atoms with E-state index >= 15 is 0 Å². The normalized spacial score (nSPS) is 17.1. The first-order valence-corrected chi connectivity index (χ1v) is 11.0. The predicted octanol–water partition coefficient (Wildman–Crippen LogP) is 5.61. The second-order valence-corrected chi connectivity index (χ2v) is 7.72. The number of carbonyl (C=O) groups excluding carboxylic acids is 1. The van der Waals surface area contributed by atoms with Crippen molar-refractivity contribution in [1.29, 1.82) is 0 Å². The average molecular weight is 428 g/mol. The minimum Gasteiger partial charge on any atom is -0.451 e. The lowest BCUT2D eigenvalue weighted by molar-refractivity contribution is -0.131. The van der Waals surface area contributed by atoms with Crippen molar-refractivity contribution in [1.82, 2.24) is 9.80 Å². The van der Waals surface area contributed by atoms with Crippen molar-refractivity contribution in [3.05, 3.63) is 96.3 Å². The van der Waals surface area contributed by atoms with Crippen molar-refractivity contribution in [2.24, 2.45) is 0 Å². The fraction of sp³-hybridized carbons (Fsp3) is 0.222. The molecule has 0 radical (unpaired) electrons. The van der Waals surface area contributed by atoms with Crippen LogP contribution in [-0.2, 0) is 9.53 Å². The van der Waals surface area contributed by atoms with Gasteiger partial charge in [-0.1, -0.05) is 55.5 Å². The summed E-state index contributed by atoms with van der Waals surface area (Å²) < 4.78 is 6.00. The lowest BCUT2D eigenvalue weighted by atomic mass is 10.1. The van der Waals surface area contributed by atoms with Crippen molar-refractivity contribution in [3.8, 4) is 0 Å². The standard InChI is InChI=1S/C27H29N3O2/c1-4-28(3)27-29(5-2)26(31)25(32-27)20-21-16-18-24(19-17-21)30(22-12-8-6-9-13-22)23-14-10-7-11-15-23/h6-20,27H,4-5H2,1-3H3/b25-20+/t27-/m0/s1. The van der Waals surface area contributed by atoms with E-state index in [1.54, 1.807) is 4.90 Å². The molecule has 1 heterocycles. The third-order valence-corrected chi connectivity index (χ3v) is 5.67. The van der Waals surface area contributed by atoms with Crippen LogP contribution in [0.2, 0.25) is 0 Å². The Balaban J connectivity index is 1.63. The molecule has 1 aliphatic rings. The number of likely N-dealkylation sites (N-methyl/N-ethyl adjacent to an activating group) is 1. The quantitative estimate of drug-likeness (QED) is 0.459. The number of benzene rings is 3.